The van der Waals surface area contributed by atoms with Crippen molar-refractivity contribution < 1.29 is 9.90 Å². The number of carbonyl (C=O) groups is 1. The summed E-state index contributed by atoms with van der Waals surface area (Å²) in [6, 6.07) is 0.203. The van der Waals surface area contributed by atoms with Gasteiger partial charge in [-0.25, -0.2) is 9.97 Å². The van der Waals surface area contributed by atoms with Crippen molar-refractivity contribution in [2.45, 2.75) is 74.1 Å². The number of rotatable bonds is 4. The quantitative estimate of drug-likeness (QED) is 0.626. The minimum absolute atomic E-state index is 0.0102. The van der Waals surface area contributed by atoms with Crippen LogP contribution in [0.1, 0.15) is 73.3 Å². The maximum Gasteiger partial charge on any atom is 0.254 e. The van der Waals surface area contributed by atoms with E-state index < -0.39 is 5.60 Å². The van der Waals surface area contributed by atoms with Crippen LogP contribution >= 0.6 is 11.8 Å². The molecule has 1 aromatic heterocycles. The summed E-state index contributed by atoms with van der Waals surface area (Å²) < 4.78 is 0. The second-order valence-electron chi connectivity index (χ2n) is 8.98. The molecule has 5 aliphatic carbocycles. The average molecular weight is 374 g/mol. The molecule has 5 saturated carbocycles. The van der Waals surface area contributed by atoms with Crippen molar-refractivity contribution in [2.24, 2.45) is 17.8 Å². The lowest BCUT2D eigenvalue weighted by Crippen LogP contribution is -2.61. The SMILES string of the molecule is CSc1ncc(C(=O)N[C@H]2C3CC4CC2C[C@@](O)(C4)C3)c(C2CCC2)n1. The second-order valence-corrected chi connectivity index (χ2v) is 9.75. The Morgan fingerprint density at radius 2 is 2.00 bits per heavy atom. The fraction of sp³-hybridized carbons (Fsp3) is 0.750. The van der Waals surface area contributed by atoms with Gasteiger partial charge in [0.15, 0.2) is 5.16 Å². The molecule has 4 bridgehead atoms. The van der Waals surface area contributed by atoms with Crippen molar-refractivity contribution in [1.82, 2.24) is 15.3 Å². The van der Waals surface area contributed by atoms with Crippen LogP contribution in [0.2, 0.25) is 0 Å². The van der Waals surface area contributed by atoms with Crippen LogP contribution in [0.25, 0.3) is 0 Å². The zero-order chi connectivity index (χ0) is 17.9. The Labute approximate surface area is 158 Å². The summed E-state index contributed by atoms with van der Waals surface area (Å²) in [5.41, 5.74) is 1.15. The highest BCUT2D eigenvalue weighted by molar-refractivity contribution is 7.98. The van der Waals surface area contributed by atoms with Crippen LogP contribution in [-0.4, -0.2) is 38.9 Å². The van der Waals surface area contributed by atoms with E-state index in [0.717, 1.165) is 55.8 Å². The van der Waals surface area contributed by atoms with E-state index in [4.69, 9.17) is 0 Å². The number of hydrogen-bond acceptors (Lipinski definition) is 5. The van der Waals surface area contributed by atoms with E-state index in [9.17, 15) is 9.90 Å². The van der Waals surface area contributed by atoms with Gasteiger partial charge in [0.25, 0.3) is 5.91 Å². The van der Waals surface area contributed by atoms with E-state index in [1.807, 2.05) is 6.26 Å². The number of aliphatic hydroxyl groups is 1. The number of thioether (sulfide) groups is 1. The lowest BCUT2D eigenvalue weighted by Gasteiger charge is -2.58. The smallest absolute Gasteiger partial charge is 0.254 e. The van der Waals surface area contributed by atoms with E-state index in [-0.39, 0.29) is 11.9 Å². The molecule has 0 aliphatic heterocycles. The van der Waals surface area contributed by atoms with Gasteiger partial charge >= 0.3 is 0 Å². The average Bonchev–Trinajstić information content (AvgIpc) is 2.55. The van der Waals surface area contributed by atoms with Crippen LogP contribution in [0.5, 0.6) is 0 Å². The Kier molecular flexibility index (Phi) is 4.05. The van der Waals surface area contributed by atoms with Gasteiger partial charge in [-0.2, -0.15) is 0 Å². The predicted molar refractivity (Wildman–Crippen MR) is 100 cm³/mol. The minimum Gasteiger partial charge on any atom is -0.390 e. The molecule has 26 heavy (non-hydrogen) atoms. The van der Waals surface area contributed by atoms with E-state index in [2.05, 4.69) is 15.3 Å². The van der Waals surface area contributed by atoms with Crippen molar-refractivity contribution in [3.05, 3.63) is 17.5 Å². The van der Waals surface area contributed by atoms with Crippen LogP contribution in [0.4, 0.5) is 0 Å². The normalized spacial score (nSPS) is 38.2. The molecule has 0 saturated heterocycles. The monoisotopic (exact) mass is 373 g/mol. The number of nitrogens with zero attached hydrogens (tertiary/aromatic N) is 2. The molecular formula is C20H27N3O2S. The molecule has 2 atom stereocenters. The van der Waals surface area contributed by atoms with Crippen LogP contribution in [0.15, 0.2) is 11.4 Å². The number of aromatic nitrogens is 2. The summed E-state index contributed by atoms with van der Waals surface area (Å²) in [4.78, 5) is 22.2. The highest BCUT2D eigenvalue weighted by atomic mass is 32.2. The number of carbonyl (C=O) groups excluding carboxylic acids is 1. The van der Waals surface area contributed by atoms with E-state index in [1.165, 1.54) is 18.2 Å². The van der Waals surface area contributed by atoms with Gasteiger partial charge in [0, 0.05) is 18.2 Å². The first-order chi connectivity index (χ1) is 12.5. The van der Waals surface area contributed by atoms with Gasteiger partial charge in [-0.05, 0) is 69.0 Å². The highest BCUT2D eigenvalue weighted by Gasteiger charge is 2.55. The zero-order valence-electron chi connectivity index (χ0n) is 15.3. The molecule has 140 valence electrons. The maximum absolute atomic E-state index is 13.1. The predicted octanol–water partition coefficient (Wildman–Crippen LogP) is 3.14. The van der Waals surface area contributed by atoms with Crippen LogP contribution < -0.4 is 5.32 Å². The van der Waals surface area contributed by atoms with Crippen molar-refractivity contribution in [2.75, 3.05) is 6.26 Å². The fourth-order valence-corrected chi connectivity index (χ4v) is 6.44. The Balaban J connectivity index is 1.38. The topological polar surface area (TPSA) is 75.1 Å². The Morgan fingerprint density at radius 1 is 1.27 bits per heavy atom. The third kappa shape index (κ3) is 2.76. The minimum atomic E-state index is -0.460. The first-order valence-corrected chi connectivity index (χ1v) is 11.2. The van der Waals surface area contributed by atoms with Crippen LogP contribution in [0.3, 0.4) is 0 Å². The number of nitrogens with one attached hydrogen (secondary N) is 1. The lowest BCUT2D eigenvalue weighted by atomic mass is 9.52. The van der Waals surface area contributed by atoms with Crippen molar-refractivity contribution in [1.29, 1.82) is 0 Å². The molecule has 5 nitrogen and oxygen atoms in total. The molecule has 0 aromatic carbocycles. The molecule has 0 spiro atoms. The molecule has 5 aliphatic rings. The van der Waals surface area contributed by atoms with Gasteiger partial charge in [0.1, 0.15) is 0 Å². The number of hydrogen-bond donors (Lipinski definition) is 2. The van der Waals surface area contributed by atoms with Gasteiger partial charge in [-0.15, -0.1) is 0 Å². The molecular weight excluding hydrogens is 346 g/mol. The molecule has 1 heterocycles. The van der Waals surface area contributed by atoms with Gasteiger partial charge in [0.2, 0.25) is 0 Å². The van der Waals surface area contributed by atoms with E-state index >= 15 is 0 Å². The van der Waals surface area contributed by atoms with Crippen molar-refractivity contribution >= 4 is 17.7 Å². The van der Waals surface area contributed by atoms with E-state index in [0.29, 0.717) is 29.2 Å². The third-order valence-electron chi connectivity index (χ3n) is 7.25. The Bertz CT molecular complexity index is 720. The van der Waals surface area contributed by atoms with Crippen molar-refractivity contribution in [3.63, 3.8) is 0 Å². The first-order valence-electron chi connectivity index (χ1n) is 9.99. The molecule has 1 aromatic rings. The second kappa shape index (κ2) is 6.20. The summed E-state index contributed by atoms with van der Waals surface area (Å²) in [6.07, 6.45) is 12.1. The fourth-order valence-electron chi connectivity index (χ4n) is 6.09. The molecule has 6 heteroatoms. The highest BCUT2D eigenvalue weighted by Crippen LogP contribution is 2.55. The van der Waals surface area contributed by atoms with E-state index in [1.54, 1.807) is 6.20 Å². The standard InChI is InChI=1S/C20H27N3O2S/c1-26-19-21-10-15(17(23-19)12-3-2-4-12)18(24)22-16-13-5-11-6-14(16)9-20(25,7-11)8-13/h10-14,16,25H,2-9H2,1H3,(H,22,24)/t11?,13?,14?,16-,20+. The van der Waals surface area contributed by atoms with Gasteiger partial charge < -0.3 is 10.4 Å². The molecule has 1 amide bonds. The van der Waals surface area contributed by atoms with Crippen LogP contribution in [-0.2, 0) is 0 Å². The van der Waals surface area contributed by atoms with Crippen LogP contribution in [0, 0.1) is 17.8 Å². The molecule has 2 N–H and O–H groups in total. The summed E-state index contributed by atoms with van der Waals surface area (Å²) in [5.74, 6) is 1.90. The molecule has 6 rings (SSSR count). The molecule has 0 radical (unpaired) electrons. The third-order valence-corrected chi connectivity index (χ3v) is 7.82. The maximum atomic E-state index is 13.1. The Hall–Kier alpha value is -1.14. The largest absolute Gasteiger partial charge is 0.390 e. The zero-order valence-corrected chi connectivity index (χ0v) is 16.1. The summed E-state index contributed by atoms with van der Waals surface area (Å²) >= 11 is 1.53. The summed E-state index contributed by atoms with van der Waals surface area (Å²) in [5, 5.41) is 14.8. The first kappa shape index (κ1) is 17.0. The molecule has 5 fully saturated rings. The van der Waals surface area contributed by atoms with Gasteiger partial charge in [-0.1, -0.05) is 18.2 Å². The van der Waals surface area contributed by atoms with Gasteiger partial charge in [0.05, 0.1) is 16.9 Å². The Morgan fingerprint density at radius 3 is 2.58 bits per heavy atom. The summed E-state index contributed by atoms with van der Waals surface area (Å²) in [6.45, 7) is 0. The summed E-state index contributed by atoms with van der Waals surface area (Å²) in [7, 11) is 0. The van der Waals surface area contributed by atoms with Gasteiger partial charge in [-0.3, -0.25) is 4.79 Å². The molecule has 2 unspecified atom stereocenters. The lowest BCUT2D eigenvalue weighted by molar-refractivity contribution is -0.136. The number of amides is 1. The van der Waals surface area contributed by atoms with Crippen molar-refractivity contribution in [3.8, 4) is 0 Å².